The third-order valence-electron chi connectivity index (χ3n) is 3.80. The van der Waals surface area contributed by atoms with E-state index in [1.54, 1.807) is 14.2 Å². The molecule has 2 rings (SSSR count). The second-order valence-corrected chi connectivity index (χ2v) is 6.79. The predicted molar refractivity (Wildman–Crippen MR) is 90.1 cm³/mol. The molecule has 0 radical (unpaired) electrons. The monoisotopic (exact) mass is 344 g/mol. The highest BCUT2D eigenvalue weighted by atomic mass is 32.2. The molecule has 0 aliphatic carbocycles. The number of hydrogen-bond acceptors (Lipinski definition) is 8. The van der Waals surface area contributed by atoms with Gasteiger partial charge in [0.2, 0.25) is 0 Å². The van der Waals surface area contributed by atoms with Crippen molar-refractivity contribution < 1.29 is 13.7 Å². The molecular formula is C13H24N6O3S. The van der Waals surface area contributed by atoms with E-state index in [1.807, 2.05) is 4.31 Å². The van der Waals surface area contributed by atoms with Crippen molar-refractivity contribution >= 4 is 28.3 Å². The number of aromatic nitrogens is 2. The van der Waals surface area contributed by atoms with Crippen molar-refractivity contribution in [2.45, 2.75) is 18.6 Å². The summed E-state index contributed by atoms with van der Waals surface area (Å²) in [6.45, 7) is 1.78. The summed E-state index contributed by atoms with van der Waals surface area (Å²) in [4.78, 5) is 7.88. The van der Waals surface area contributed by atoms with Gasteiger partial charge >= 0.3 is 0 Å². The maximum Gasteiger partial charge on any atom is 0.154 e. The number of anilines is 3. The third-order valence-corrected chi connectivity index (χ3v) is 5.35. The van der Waals surface area contributed by atoms with E-state index in [0.29, 0.717) is 30.3 Å². The fraction of sp³-hybridized carbons (Fsp3) is 0.692. The van der Waals surface area contributed by atoms with Gasteiger partial charge in [0.05, 0.1) is 17.1 Å². The highest BCUT2D eigenvalue weighted by Gasteiger charge is 2.28. The number of nitrogens with two attached hydrogens (primary N) is 2. The Morgan fingerprint density at radius 3 is 2.70 bits per heavy atom. The molecule has 2 heterocycles. The van der Waals surface area contributed by atoms with Gasteiger partial charge in [-0.3, -0.25) is 0 Å². The summed E-state index contributed by atoms with van der Waals surface area (Å²) in [5.41, 5.74) is 11.8. The molecule has 1 aromatic heterocycles. The number of methoxy groups -OCH3 is 2. The molecule has 10 heteroatoms. The molecule has 1 saturated heterocycles. The second-order valence-electron chi connectivity index (χ2n) is 5.22. The van der Waals surface area contributed by atoms with Gasteiger partial charge in [-0.1, -0.05) is 0 Å². The van der Waals surface area contributed by atoms with Gasteiger partial charge in [0.1, 0.15) is 18.1 Å². The van der Waals surface area contributed by atoms with Gasteiger partial charge in [0, 0.05) is 39.6 Å². The fourth-order valence-corrected chi connectivity index (χ4v) is 3.71. The highest BCUT2D eigenvalue weighted by Crippen LogP contribution is 2.20. The molecule has 9 nitrogen and oxygen atoms in total. The van der Waals surface area contributed by atoms with Crippen LogP contribution >= 0.6 is 0 Å². The number of nitrogens with zero attached hydrogens (tertiary/aromatic N) is 3. The summed E-state index contributed by atoms with van der Waals surface area (Å²) in [6, 6.07) is 0. The van der Waals surface area contributed by atoms with Crippen molar-refractivity contribution in [3.63, 3.8) is 0 Å². The van der Waals surface area contributed by atoms with Crippen LogP contribution in [0.15, 0.2) is 6.33 Å². The first kappa shape index (κ1) is 17.9. The smallest absolute Gasteiger partial charge is 0.154 e. The minimum absolute atomic E-state index is 0.227. The molecule has 23 heavy (non-hydrogen) atoms. The van der Waals surface area contributed by atoms with Crippen LogP contribution in [0.2, 0.25) is 0 Å². The van der Waals surface area contributed by atoms with E-state index < -0.39 is 11.0 Å². The fourth-order valence-electron chi connectivity index (χ4n) is 2.43. The van der Waals surface area contributed by atoms with Crippen molar-refractivity contribution in [1.29, 1.82) is 0 Å². The normalized spacial score (nSPS) is 21.2. The van der Waals surface area contributed by atoms with Crippen LogP contribution in [-0.2, 0) is 20.5 Å². The Hall–Kier alpha value is -1.49. The van der Waals surface area contributed by atoms with Gasteiger partial charge in [-0.25, -0.2) is 18.5 Å². The summed E-state index contributed by atoms with van der Waals surface area (Å²) < 4.78 is 24.8. The van der Waals surface area contributed by atoms with Gasteiger partial charge in [0.15, 0.2) is 11.6 Å². The largest absolute Gasteiger partial charge is 0.393 e. The van der Waals surface area contributed by atoms with Gasteiger partial charge in [0.25, 0.3) is 0 Å². The van der Waals surface area contributed by atoms with Gasteiger partial charge < -0.3 is 26.3 Å². The molecule has 0 spiro atoms. The molecule has 130 valence electrons. The molecule has 1 aliphatic heterocycles. The van der Waals surface area contributed by atoms with Crippen molar-refractivity contribution in [1.82, 2.24) is 14.3 Å². The van der Waals surface area contributed by atoms with E-state index in [9.17, 15) is 4.21 Å². The first-order valence-electron chi connectivity index (χ1n) is 7.35. The Kier molecular flexibility index (Phi) is 6.51. The van der Waals surface area contributed by atoms with Crippen molar-refractivity contribution in [2.24, 2.45) is 0 Å². The molecule has 0 amide bonds. The summed E-state index contributed by atoms with van der Waals surface area (Å²) >= 11 is 0. The first-order valence-corrected chi connectivity index (χ1v) is 8.63. The Bertz CT molecular complexity index is 546. The van der Waals surface area contributed by atoms with Crippen molar-refractivity contribution in [2.75, 3.05) is 56.4 Å². The predicted octanol–water partition coefficient (Wildman–Crippen LogP) is -0.548. The minimum atomic E-state index is -0.928. The minimum Gasteiger partial charge on any atom is -0.393 e. The first-order chi connectivity index (χ1) is 11.1. The summed E-state index contributed by atoms with van der Waals surface area (Å²) in [5, 5.41) is 3.10. The lowest BCUT2D eigenvalue weighted by molar-refractivity contribution is -0.0346. The Labute approximate surface area is 138 Å². The number of hydrogen-bond donors (Lipinski definition) is 3. The van der Waals surface area contributed by atoms with Crippen molar-refractivity contribution in [3.05, 3.63) is 6.33 Å². The maximum atomic E-state index is 11.9. The number of rotatable bonds is 8. The van der Waals surface area contributed by atoms with Gasteiger partial charge in [-0.15, -0.1) is 0 Å². The van der Waals surface area contributed by atoms with Crippen LogP contribution in [0.5, 0.6) is 0 Å². The molecule has 1 aromatic rings. The topological polar surface area (TPSA) is 129 Å². The summed E-state index contributed by atoms with van der Waals surface area (Å²) in [6.07, 6.45) is 1.80. The van der Waals surface area contributed by atoms with E-state index in [4.69, 9.17) is 20.9 Å². The number of ether oxygens (including phenoxy) is 2. The lowest BCUT2D eigenvalue weighted by Gasteiger charge is -2.28. The molecule has 2 unspecified atom stereocenters. The zero-order chi connectivity index (χ0) is 16.8. The van der Waals surface area contributed by atoms with Crippen LogP contribution < -0.4 is 16.8 Å². The zero-order valence-corrected chi connectivity index (χ0v) is 14.2. The number of nitrogens with one attached hydrogen (secondary N) is 1. The summed E-state index contributed by atoms with van der Waals surface area (Å²) in [5.74, 6) is 1.40. The molecule has 1 aliphatic rings. The lowest BCUT2D eigenvalue weighted by atomic mass is 10.2. The molecule has 0 aromatic carbocycles. The molecule has 1 fully saturated rings. The third kappa shape index (κ3) is 4.50. The van der Waals surface area contributed by atoms with Crippen LogP contribution in [0, 0.1) is 0 Å². The van der Waals surface area contributed by atoms with E-state index in [0.717, 1.165) is 13.0 Å². The van der Waals surface area contributed by atoms with Crippen molar-refractivity contribution in [3.8, 4) is 0 Å². The average molecular weight is 344 g/mol. The standard InChI is InChI=1S/C13H24N6O3S/c1-21-9(6-16-13-11(14)12(15)17-8-18-13)10(22-2)7-19-4-3-5-23(19)20/h8-10H,3-7,14H2,1-2H3,(H3,15,16,17,18)/t9-,10?,23?/m0/s1. The molecular weight excluding hydrogens is 320 g/mol. The quantitative estimate of drug-likeness (QED) is 0.573. The SMILES string of the molecule is COC(CN1CCCS1=O)[C@H](CNc1ncnc(N)c1N)OC. The molecule has 0 bridgehead atoms. The van der Waals surface area contributed by atoms with Crippen LogP contribution in [0.25, 0.3) is 0 Å². The maximum absolute atomic E-state index is 11.9. The van der Waals surface area contributed by atoms with E-state index >= 15 is 0 Å². The lowest BCUT2D eigenvalue weighted by Crippen LogP contribution is -2.43. The van der Waals surface area contributed by atoms with Crippen LogP contribution in [-0.4, -0.2) is 70.3 Å². The van der Waals surface area contributed by atoms with Gasteiger partial charge in [-0.2, -0.15) is 0 Å². The van der Waals surface area contributed by atoms with E-state index in [2.05, 4.69) is 15.3 Å². The van der Waals surface area contributed by atoms with Gasteiger partial charge in [-0.05, 0) is 6.42 Å². The average Bonchev–Trinajstić information content (AvgIpc) is 2.95. The molecule has 0 saturated carbocycles. The molecule has 5 N–H and O–H groups in total. The highest BCUT2D eigenvalue weighted by molar-refractivity contribution is 7.82. The van der Waals surface area contributed by atoms with E-state index in [1.165, 1.54) is 6.33 Å². The molecule has 3 atom stereocenters. The van der Waals surface area contributed by atoms with Crippen LogP contribution in [0.4, 0.5) is 17.3 Å². The number of nitrogen functional groups attached to an aromatic ring is 2. The Morgan fingerprint density at radius 2 is 2.09 bits per heavy atom. The van der Waals surface area contributed by atoms with Crippen LogP contribution in [0.3, 0.4) is 0 Å². The van der Waals surface area contributed by atoms with Crippen LogP contribution in [0.1, 0.15) is 6.42 Å². The Morgan fingerprint density at radius 1 is 1.35 bits per heavy atom. The zero-order valence-electron chi connectivity index (χ0n) is 13.4. The second kappa shape index (κ2) is 8.39. The summed E-state index contributed by atoms with van der Waals surface area (Å²) in [7, 11) is 2.30. The van der Waals surface area contributed by atoms with E-state index in [-0.39, 0.29) is 18.0 Å². The Balaban J connectivity index is 1.96.